The van der Waals surface area contributed by atoms with E-state index in [1.54, 1.807) is 7.11 Å². The number of benzene rings is 1. The highest BCUT2D eigenvalue weighted by Gasteiger charge is 2.45. The van der Waals surface area contributed by atoms with Crippen LogP contribution in [-0.2, 0) is 4.74 Å². The van der Waals surface area contributed by atoms with Crippen molar-refractivity contribution in [2.75, 3.05) is 7.11 Å². The Morgan fingerprint density at radius 1 is 1.13 bits per heavy atom. The Labute approximate surface area is 138 Å². The Morgan fingerprint density at radius 2 is 1.74 bits per heavy atom. The Balaban J connectivity index is 1.76. The summed E-state index contributed by atoms with van der Waals surface area (Å²) in [5.74, 6) is 1.42. The summed E-state index contributed by atoms with van der Waals surface area (Å²) in [6, 6.07) is 8.84. The molecule has 4 heteroatoms. The van der Waals surface area contributed by atoms with Crippen LogP contribution in [0.1, 0.15) is 57.9 Å². The molecule has 2 unspecified atom stereocenters. The summed E-state index contributed by atoms with van der Waals surface area (Å²) in [4.78, 5) is 14.5. The third-order valence-corrected chi connectivity index (χ3v) is 4.92. The predicted octanol–water partition coefficient (Wildman–Crippen LogP) is 4.34. The second-order valence-corrected chi connectivity index (χ2v) is 7.68. The minimum atomic E-state index is -0.435. The lowest BCUT2D eigenvalue weighted by atomic mass is 9.85. The molecule has 2 heterocycles. The van der Waals surface area contributed by atoms with E-state index in [9.17, 15) is 4.79 Å². The van der Waals surface area contributed by atoms with Gasteiger partial charge in [-0.3, -0.25) is 0 Å². The SMILES string of the molecule is COc1ccccc1C1CC2CCC(C1)N2C(=O)OC(C)(C)C. The molecular weight excluding hydrogens is 290 g/mol. The third kappa shape index (κ3) is 3.31. The molecule has 1 aromatic carbocycles. The van der Waals surface area contributed by atoms with Gasteiger partial charge in [0.25, 0.3) is 0 Å². The van der Waals surface area contributed by atoms with Crippen LogP contribution in [0.4, 0.5) is 4.79 Å². The first kappa shape index (κ1) is 16.2. The molecule has 2 atom stereocenters. The first-order valence-corrected chi connectivity index (χ1v) is 8.53. The van der Waals surface area contributed by atoms with Crippen molar-refractivity contribution in [3.8, 4) is 5.75 Å². The van der Waals surface area contributed by atoms with Gasteiger partial charge in [-0.05, 0) is 64.0 Å². The largest absolute Gasteiger partial charge is 0.496 e. The van der Waals surface area contributed by atoms with E-state index in [4.69, 9.17) is 9.47 Å². The number of ether oxygens (including phenoxy) is 2. The summed E-state index contributed by atoms with van der Waals surface area (Å²) in [5.41, 5.74) is 0.839. The van der Waals surface area contributed by atoms with Gasteiger partial charge >= 0.3 is 6.09 Å². The zero-order chi connectivity index (χ0) is 16.6. The lowest BCUT2D eigenvalue weighted by Crippen LogP contribution is -2.48. The van der Waals surface area contributed by atoms with Crippen molar-refractivity contribution in [3.63, 3.8) is 0 Å². The van der Waals surface area contributed by atoms with E-state index in [1.165, 1.54) is 5.56 Å². The van der Waals surface area contributed by atoms with E-state index in [2.05, 4.69) is 12.1 Å². The number of rotatable bonds is 2. The van der Waals surface area contributed by atoms with Gasteiger partial charge in [-0.25, -0.2) is 4.79 Å². The van der Waals surface area contributed by atoms with Gasteiger partial charge in [0, 0.05) is 12.1 Å². The standard InChI is InChI=1S/C19H27NO3/c1-19(2,3)23-18(21)20-14-9-10-15(20)12-13(11-14)16-7-5-6-8-17(16)22-4/h5-8,13-15H,9-12H2,1-4H3. The minimum absolute atomic E-state index is 0.150. The van der Waals surface area contributed by atoms with Crippen molar-refractivity contribution in [1.82, 2.24) is 4.90 Å². The Hall–Kier alpha value is -1.71. The van der Waals surface area contributed by atoms with Crippen LogP contribution in [0.25, 0.3) is 0 Å². The maximum Gasteiger partial charge on any atom is 0.410 e. The summed E-state index contributed by atoms with van der Waals surface area (Å²) in [7, 11) is 1.73. The van der Waals surface area contributed by atoms with E-state index < -0.39 is 5.60 Å². The van der Waals surface area contributed by atoms with Crippen molar-refractivity contribution in [2.45, 2.75) is 70.1 Å². The third-order valence-electron chi connectivity index (χ3n) is 4.92. The Kier molecular flexibility index (Phi) is 4.26. The number of methoxy groups -OCH3 is 1. The van der Waals surface area contributed by atoms with E-state index in [1.807, 2.05) is 37.8 Å². The van der Waals surface area contributed by atoms with Crippen molar-refractivity contribution >= 4 is 6.09 Å². The molecule has 2 aliphatic rings. The van der Waals surface area contributed by atoms with Crippen molar-refractivity contribution in [1.29, 1.82) is 0 Å². The van der Waals surface area contributed by atoms with Crippen LogP contribution in [0.5, 0.6) is 5.75 Å². The quantitative estimate of drug-likeness (QED) is 0.814. The average Bonchev–Trinajstić information content (AvgIpc) is 2.76. The second kappa shape index (κ2) is 6.06. The van der Waals surface area contributed by atoms with Crippen molar-refractivity contribution in [2.24, 2.45) is 0 Å². The highest BCUT2D eigenvalue weighted by molar-refractivity contribution is 5.69. The smallest absolute Gasteiger partial charge is 0.410 e. The van der Waals surface area contributed by atoms with Gasteiger partial charge in [-0.1, -0.05) is 18.2 Å². The van der Waals surface area contributed by atoms with Gasteiger partial charge in [-0.2, -0.15) is 0 Å². The van der Waals surface area contributed by atoms with E-state index >= 15 is 0 Å². The molecule has 0 saturated carbocycles. The van der Waals surface area contributed by atoms with Gasteiger partial charge in [0.2, 0.25) is 0 Å². The van der Waals surface area contributed by atoms with Gasteiger partial charge < -0.3 is 14.4 Å². The number of hydrogen-bond donors (Lipinski definition) is 0. The number of carbonyl (C=O) groups is 1. The molecule has 2 fully saturated rings. The van der Waals surface area contributed by atoms with Crippen LogP contribution in [0.2, 0.25) is 0 Å². The highest BCUT2D eigenvalue weighted by Crippen LogP contribution is 2.45. The fourth-order valence-electron chi connectivity index (χ4n) is 4.05. The summed E-state index contributed by atoms with van der Waals surface area (Å²) in [5, 5.41) is 0. The number of carbonyl (C=O) groups excluding carboxylic acids is 1. The molecule has 0 spiro atoms. The van der Waals surface area contributed by atoms with Crippen LogP contribution in [0.15, 0.2) is 24.3 Å². The summed E-state index contributed by atoms with van der Waals surface area (Å²) < 4.78 is 11.1. The number of piperidine rings is 1. The molecule has 0 radical (unpaired) electrons. The van der Waals surface area contributed by atoms with E-state index in [-0.39, 0.29) is 6.09 Å². The van der Waals surface area contributed by atoms with Gasteiger partial charge in [-0.15, -0.1) is 0 Å². The number of para-hydroxylation sites is 1. The molecule has 3 rings (SSSR count). The van der Waals surface area contributed by atoms with Crippen LogP contribution in [0.3, 0.4) is 0 Å². The summed E-state index contributed by atoms with van der Waals surface area (Å²) in [6.07, 6.45) is 4.00. The number of nitrogens with zero attached hydrogens (tertiary/aromatic N) is 1. The number of fused-ring (bicyclic) bond motifs is 2. The van der Waals surface area contributed by atoms with Crippen LogP contribution in [-0.4, -0.2) is 35.8 Å². The lowest BCUT2D eigenvalue weighted by molar-refractivity contribution is 0.00579. The number of amides is 1. The maximum atomic E-state index is 12.5. The molecule has 0 aromatic heterocycles. The topological polar surface area (TPSA) is 38.8 Å². The second-order valence-electron chi connectivity index (χ2n) is 7.68. The highest BCUT2D eigenvalue weighted by atomic mass is 16.6. The number of hydrogen-bond acceptors (Lipinski definition) is 3. The van der Waals surface area contributed by atoms with Crippen molar-refractivity contribution in [3.05, 3.63) is 29.8 Å². The van der Waals surface area contributed by atoms with Gasteiger partial charge in [0.15, 0.2) is 0 Å². The fraction of sp³-hybridized carbons (Fsp3) is 0.632. The predicted molar refractivity (Wildman–Crippen MR) is 89.9 cm³/mol. The minimum Gasteiger partial charge on any atom is -0.496 e. The zero-order valence-corrected chi connectivity index (χ0v) is 14.5. The first-order valence-electron chi connectivity index (χ1n) is 8.53. The summed E-state index contributed by atoms with van der Waals surface area (Å²) >= 11 is 0. The molecule has 0 N–H and O–H groups in total. The summed E-state index contributed by atoms with van der Waals surface area (Å²) in [6.45, 7) is 5.77. The van der Waals surface area contributed by atoms with Crippen LogP contribution in [0, 0.1) is 0 Å². The maximum absolute atomic E-state index is 12.5. The Morgan fingerprint density at radius 3 is 2.30 bits per heavy atom. The van der Waals surface area contributed by atoms with Crippen LogP contribution < -0.4 is 4.74 Å². The zero-order valence-electron chi connectivity index (χ0n) is 14.5. The molecule has 23 heavy (non-hydrogen) atoms. The molecule has 2 bridgehead atoms. The molecule has 126 valence electrons. The van der Waals surface area contributed by atoms with E-state index in [0.717, 1.165) is 31.4 Å². The van der Waals surface area contributed by atoms with Gasteiger partial charge in [0.1, 0.15) is 11.4 Å². The molecular formula is C19H27NO3. The first-order chi connectivity index (χ1) is 10.9. The van der Waals surface area contributed by atoms with Crippen LogP contribution >= 0.6 is 0 Å². The average molecular weight is 317 g/mol. The molecule has 0 aliphatic carbocycles. The van der Waals surface area contributed by atoms with E-state index in [0.29, 0.717) is 18.0 Å². The van der Waals surface area contributed by atoms with Gasteiger partial charge in [0.05, 0.1) is 7.11 Å². The normalized spacial score (nSPS) is 27.0. The lowest BCUT2D eigenvalue weighted by Gasteiger charge is -2.39. The Bertz CT molecular complexity index is 564. The van der Waals surface area contributed by atoms with Crippen molar-refractivity contribution < 1.29 is 14.3 Å². The molecule has 4 nitrogen and oxygen atoms in total. The fourth-order valence-corrected chi connectivity index (χ4v) is 4.05. The molecule has 2 aliphatic heterocycles. The molecule has 2 saturated heterocycles. The monoisotopic (exact) mass is 317 g/mol. The molecule has 1 aromatic rings. The molecule has 1 amide bonds.